The van der Waals surface area contributed by atoms with Gasteiger partial charge >= 0.3 is 5.69 Å². The third-order valence-electron chi connectivity index (χ3n) is 2.59. The molecule has 0 aliphatic carbocycles. The maximum absolute atomic E-state index is 13.7. The highest BCUT2D eigenvalue weighted by Crippen LogP contribution is 2.32. The van der Waals surface area contributed by atoms with Gasteiger partial charge in [-0.2, -0.15) is 4.39 Å². The number of hydrogen-bond donors (Lipinski definition) is 0. The van der Waals surface area contributed by atoms with Gasteiger partial charge in [-0.3, -0.25) is 10.1 Å². The molecule has 0 radical (unpaired) electrons. The molecule has 2 aromatic rings. The summed E-state index contributed by atoms with van der Waals surface area (Å²) in [6.45, 7) is 0. The Morgan fingerprint density at radius 2 is 1.90 bits per heavy atom. The highest BCUT2D eigenvalue weighted by molar-refractivity contribution is 9.10. The van der Waals surface area contributed by atoms with Crippen LogP contribution in [-0.4, -0.2) is 4.92 Å². The Morgan fingerprint density at radius 1 is 1.19 bits per heavy atom. The number of nitro groups is 1. The van der Waals surface area contributed by atoms with E-state index in [0.717, 1.165) is 10.0 Å². The van der Waals surface area contributed by atoms with Gasteiger partial charge in [0.05, 0.1) is 11.0 Å². The molecule has 2 rings (SSSR count). The number of alkyl halides is 1. The summed E-state index contributed by atoms with van der Waals surface area (Å²) in [4.78, 5) is 9.51. The second-order valence-electron chi connectivity index (χ2n) is 3.98. The first-order valence-electron chi connectivity index (χ1n) is 5.58. The lowest BCUT2D eigenvalue weighted by Crippen LogP contribution is -1.96. The fraction of sp³-hybridized carbons (Fsp3) is 0.0769. The number of benzene rings is 2. The topological polar surface area (TPSA) is 52.4 Å². The summed E-state index contributed by atoms with van der Waals surface area (Å²) in [5.74, 6) is -2.31. The number of halogens is 4. The first-order valence-corrected chi connectivity index (χ1v) is 7.49. The van der Waals surface area contributed by atoms with Crippen LogP contribution >= 0.6 is 31.9 Å². The summed E-state index contributed by atoms with van der Waals surface area (Å²) < 4.78 is 33.1. The van der Waals surface area contributed by atoms with Crippen molar-refractivity contribution in [3.05, 3.63) is 62.1 Å². The largest absolute Gasteiger partial charge is 0.454 e. The maximum atomic E-state index is 13.7. The summed E-state index contributed by atoms with van der Waals surface area (Å²) in [5.41, 5.74) is 0.0216. The van der Waals surface area contributed by atoms with E-state index in [1.807, 2.05) is 0 Å². The molecule has 0 saturated heterocycles. The van der Waals surface area contributed by atoms with Crippen LogP contribution in [0.2, 0.25) is 0 Å². The Balaban J connectivity index is 2.34. The minimum Gasteiger partial charge on any atom is -0.454 e. The predicted octanol–water partition coefficient (Wildman–Crippen LogP) is 5.32. The van der Waals surface area contributed by atoms with E-state index in [0.29, 0.717) is 17.5 Å². The van der Waals surface area contributed by atoms with Crippen molar-refractivity contribution >= 4 is 37.5 Å². The molecule has 0 amide bonds. The van der Waals surface area contributed by atoms with Gasteiger partial charge in [0, 0.05) is 15.9 Å². The van der Waals surface area contributed by atoms with Crippen LogP contribution in [0.25, 0.3) is 0 Å². The third-order valence-corrected chi connectivity index (χ3v) is 3.94. The molecule has 0 saturated carbocycles. The van der Waals surface area contributed by atoms with Crippen LogP contribution in [-0.2, 0) is 5.33 Å². The first kappa shape index (κ1) is 15.8. The lowest BCUT2D eigenvalue weighted by molar-refractivity contribution is -0.387. The summed E-state index contributed by atoms with van der Waals surface area (Å²) in [5, 5.41) is 11.1. The van der Waals surface area contributed by atoms with E-state index >= 15 is 0 Å². The van der Waals surface area contributed by atoms with Gasteiger partial charge in [-0.1, -0.05) is 37.9 Å². The molecule has 0 spiro atoms. The van der Waals surface area contributed by atoms with Gasteiger partial charge in [-0.05, 0) is 17.7 Å². The van der Waals surface area contributed by atoms with E-state index < -0.39 is 28.0 Å². The zero-order valence-electron chi connectivity index (χ0n) is 10.3. The van der Waals surface area contributed by atoms with E-state index in [9.17, 15) is 18.9 Å². The van der Waals surface area contributed by atoms with Crippen molar-refractivity contribution in [3.8, 4) is 11.5 Å². The molecule has 0 fully saturated rings. The van der Waals surface area contributed by atoms with Gasteiger partial charge in [-0.15, -0.1) is 0 Å². The molecule has 0 aliphatic rings. The summed E-state index contributed by atoms with van der Waals surface area (Å²) >= 11 is 6.62. The van der Waals surface area contributed by atoms with Crippen LogP contribution in [0.15, 0.2) is 34.8 Å². The average Bonchev–Trinajstić information content (AvgIpc) is 2.42. The van der Waals surface area contributed by atoms with Crippen LogP contribution in [0, 0.1) is 21.7 Å². The molecular formula is C13H7Br2F2NO3. The van der Waals surface area contributed by atoms with Gasteiger partial charge in [0.25, 0.3) is 0 Å². The molecule has 0 aromatic heterocycles. The smallest absolute Gasteiger partial charge is 0.307 e. The molecule has 0 heterocycles. The molecule has 0 atom stereocenters. The van der Waals surface area contributed by atoms with E-state index in [4.69, 9.17) is 4.74 Å². The molecule has 0 aliphatic heterocycles. The summed E-state index contributed by atoms with van der Waals surface area (Å²) in [6, 6.07) is 6.07. The number of ether oxygens (including phenoxy) is 1. The maximum Gasteiger partial charge on any atom is 0.307 e. The summed E-state index contributed by atoms with van der Waals surface area (Å²) in [6.07, 6.45) is 0. The SMILES string of the molecule is O=[N+]([O-])c1cc(F)c(Oc2ccc(CBr)c(Br)c2)cc1F. The van der Waals surface area contributed by atoms with Crippen molar-refractivity contribution in [2.75, 3.05) is 0 Å². The summed E-state index contributed by atoms with van der Waals surface area (Å²) in [7, 11) is 0. The van der Waals surface area contributed by atoms with Crippen molar-refractivity contribution in [1.29, 1.82) is 0 Å². The van der Waals surface area contributed by atoms with Crippen LogP contribution in [0.4, 0.5) is 14.5 Å². The zero-order chi connectivity index (χ0) is 15.6. The molecule has 0 N–H and O–H groups in total. The quantitative estimate of drug-likeness (QED) is 0.380. The second-order valence-corrected chi connectivity index (χ2v) is 5.40. The van der Waals surface area contributed by atoms with Crippen LogP contribution in [0.3, 0.4) is 0 Å². The average molecular weight is 423 g/mol. The Morgan fingerprint density at radius 3 is 2.48 bits per heavy atom. The molecule has 8 heteroatoms. The third kappa shape index (κ3) is 3.56. The number of hydrogen-bond acceptors (Lipinski definition) is 3. The van der Waals surface area contributed by atoms with Gasteiger partial charge in [-0.25, -0.2) is 4.39 Å². The lowest BCUT2D eigenvalue weighted by atomic mass is 10.2. The van der Waals surface area contributed by atoms with Gasteiger partial charge in [0.2, 0.25) is 5.82 Å². The van der Waals surface area contributed by atoms with Crippen molar-refractivity contribution in [1.82, 2.24) is 0 Å². The Kier molecular flexibility index (Phi) is 4.89. The van der Waals surface area contributed by atoms with Crippen molar-refractivity contribution in [2.45, 2.75) is 5.33 Å². The highest BCUT2D eigenvalue weighted by Gasteiger charge is 2.19. The van der Waals surface area contributed by atoms with Gasteiger partial charge in [0.15, 0.2) is 11.6 Å². The molecule has 4 nitrogen and oxygen atoms in total. The standard InChI is InChI=1S/C13H7Br2F2NO3/c14-6-7-1-2-8(3-9(7)15)21-13-5-10(16)12(18(19)20)4-11(13)17/h1-5H,6H2. The van der Waals surface area contributed by atoms with Gasteiger partial charge < -0.3 is 4.74 Å². The fourth-order valence-corrected chi connectivity index (χ4v) is 2.93. The van der Waals surface area contributed by atoms with Crippen molar-refractivity contribution in [3.63, 3.8) is 0 Å². The van der Waals surface area contributed by atoms with Crippen LogP contribution < -0.4 is 4.74 Å². The molecule has 110 valence electrons. The normalized spacial score (nSPS) is 10.5. The minimum atomic E-state index is -1.16. The fourth-order valence-electron chi connectivity index (χ4n) is 1.56. The molecular weight excluding hydrogens is 416 g/mol. The van der Waals surface area contributed by atoms with Crippen molar-refractivity contribution in [2.24, 2.45) is 0 Å². The second kappa shape index (κ2) is 6.48. The predicted molar refractivity (Wildman–Crippen MR) is 79.9 cm³/mol. The van der Waals surface area contributed by atoms with E-state index in [1.54, 1.807) is 18.2 Å². The molecule has 2 aromatic carbocycles. The molecule has 0 bridgehead atoms. The lowest BCUT2D eigenvalue weighted by Gasteiger charge is -2.09. The first-order chi connectivity index (χ1) is 9.92. The van der Waals surface area contributed by atoms with Crippen LogP contribution in [0.5, 0.6) is 11.5 Å². The Labute approximate surface area is 135 Å². The number of nitrogens with zero attached hydrogens (tertiary/aromatic N) is 1. The zero-order valence-corrected chi connectivity index (χ0v) is 13.4. The minimum absolute atomic E-state index is 0.277. The Hall–Kier alpha value is -1.54. The van der Waals surface area contributed by atoms with Crippen molar-refractivity contribution < 1.29 is 18.4 Å². The van der Waals surface area contributed by atoms with E-state index in [1.165, 1.54) is 0 Å². The Bertz CT molecular complexity index is 710. The van der Waals surface area contributed by atoms with E-state index in [-0.39, 0.29) is 5.75 Å². The number of rotatable bonds is 4. The van der Waals surface area contributed by atoms with E-state index in [2.05, 4.69) is 31.9 Å². The molecule has 21 heavy (non-hydrogen) atoms. The number of nitro benzene ring substituents is 1. The monoisotopic (exact) mass is 421 g/mol. The van der Waals surface area contributed by atoms with Gasteiger partial charge in [0.1, 0.15) is 5.75 Å². The molecule has 0 unspecified atom stereocenters. The highest BCUT2D eigenvalue weighted by atomic mass is 79.9. The van der Waals surface area contributed by atoms with Crippen LogP contribution in [0.1, 0.15) is 5.56 Å².